The molecule has 1 aliphatic rings. The zero-order valence-corrected chi connectivity index (χ0v) is 23.7. The number of hydrogen-bond acceptors (Lipinski definition) is 8. The molecule has 1 aliphatic carbocycles. The summed E-state index contributed by atoms with van der Waals surface area (Å²) in [7, 11) is 2.15. The molecule has 3 aromatic rings. The fraction of sp³-hybridized carbons (Fsp3) is 0.500. The summed E-state index contributed by atoms with van der Waals surface area (Å²) in [5.74, 6) is 0.996. The Hall–Kier alpha value is -2.42. The molecule has 194 valence electrons. The van der Waals surface area contributed by atoms with Gasteiger partial charge in [0.05, 0.1) is 11.0 Å². The number of carbonyl (C=O) groups excluding carboxylic acids is 1. The van der Waals surface area contributed by atoms with Gasteiger partial charge in [-0.1, -0.05) is 6.08 Å². The number of esters is 1. The second-order valence-electron chi connectivity index (χ2n) is 10.4. The molecule has 0 saturated heterocycles. The van der Waals surface area contributed by atoms with E-state index in [9.17, 15) is 4.79 Å². The summed E-state index contributed by atoms with van der Waals surface area (Å²) < 4.78 is 16.7. The van der Waals surface area contributed by atoms with Gasteiger partial charge in [0, 0.05) is 34.3 Å². The molecule has 0 N–H and O–H groups in total. The van der Waals surface area contributed by atoms with Crippen LogP contribution in [0.25, 0.3) is 5.57 Å². The Kier molecular flexibility index (Phi) is 8.37. The van der Waals surface area contributed by atoms with Crippen molar-refractivity contribution in [2.75, 3.05) is 20.4 Å². The summed E-state index contributed by atoms with van der Waals surface area (Å²) in [6.45, 7) is 10.5. The Morgan fingerprint density at radius 2 is 1.86 bits per heavy atom. The summed E-state index contributed by atoms with van der Waals surface area (Å²) in [4.78, 5) is 17.1. The topological polar surface area (TPSA) is 64.8 Å². The Morgan fingerprint density at radius 1 is 1.19 bits per heavy atom. The SMILES string of the molecule is Cc1ccsc1C(=CCCN(C)[C@@H]1CCCc2onc(OCOC(=O)C(C)(C)C)c21)c1sccc1C. The molecule has 4 rings (SSSR count). The van der Waals surface area contributed by atoms with Gasteiger partial charge in [0.25, 0.3) is 5.88 Å². The third-order valence-electron chi connectivity index (χ3n) is 6.56. The molecular weight excluding hydrogens is 492 g/mol. The van der Waals surface area contributed by atoms with Crippen molar-refractivity contribution in [1.82, 2.24) is 10.1 Å². The molecule has 0 aliphatic heterocycles. The second kappa shape index (κ2) is 11.3. The zero-order valence-electron chi connectivity index (χ0n) is 22.1. The number of aryl methyl sites for hydroxylation is 3. The van der Waals surface area contributed by atoms with Gasteiger partial charge in [-0.05, 0) is 100 Å². The third kappa shape index (κ3) is 5.93. The predicted molar refractivity (Wildman–Crippen MR) is 146 cm³/mol. The minimum atomic E-state index is -0.578. The van der Waals surface area contributed by atoms with Crippen LogP contribution in [0.4, 0.5) is 0 Å². The minimum absolute atomic E-state index is 0.150. The smallest absolute Gasteiger partial charge is 0.314 e. The molecule has 0 bridgehead atoms. The van der Waals surface area contributed by atoms with Crippen LogP contribution in [-0.2, 0) is 16.0 Å². The number of hydrogen-bond donors (Lipinski definition) is 0. The first-order valence-corrected chi connectivity index (χ1v) is 14.2. The number of aromatic nitrogens is 1. The summed E-state index contributed by atoms with van der Waals surface area (Å²) in [5, 5.41) is 8.50. The van der Waals surface area contributed by atoms with Crippen LogP contribution in [-0.4, -0.2) is 36.4 Å². The Bertz CT molecular complexity index is 1170. The Morgan fingerprint density at radius 3 is 2.44 bits per heavy atom. The lowest BCUT2D eigenvalue weighted by Crippen LogP contribution is -2.29. The highest BCUT2D eigenvalue weighted by Crippen LogP contribution is 2.40. The molecule has 0 fully saturated rings. The lowest BCUT2D eigenvalue weighted by atomic mass is 9.92. The van der Waals surface area contributed by atoms with Gasteiger partial charge in [0.15, 0.2) is 0 Å². The van der Waals surface area contributed by atoms with Gasteiger partial charge < -0.3 is 14.0 Å². The largest absolute Gasteiger partial charge is 0.437 e. The fourth-order valence-electron chi connectivity index (χ4n) is 4.48. The molecule has 8 heteroatoms. The second-order valence-corrected chi connectivity index (χ2v) is 12.3. The molecule has 0 amide bonds. The lowest BCUT2D eigenvalue weighted by molar-refractivity contribution is -0.159. The van der Waals surface area contributed by atoms with Crippen LogP contribution in [0.5, 0.6) is 5.88 Å². The van der Waals surface area contributed by atoms with Gasteiger partial charge in [-0.3, -0.25) is 9.69 Å². The first-order chi connectivity index (χ1) is 17.2. The third-order valence-corrected chi connectivity index (χ3v) is 8.66. The number of nitrogens with zero attached hydrogens (tertiary/aromatic N) is 2. The van der Waals surface area contributed by atoms with E-state index in [1.165, 1.54) is 26.5 Å². The van der Waals surface area contributed by atoms with E-state index < -0.39 is 5.41 Å². The van der Waals surface area contributed by atoms with Gasteiger partial charge >= 0.3 is 5.97 Å². The molecule has 0 spiro atoms. The molecule has 6 nitrogen and oxygen atoms in total. The number of rotatable bonds is 9. The van der Waals surface area contributed by atoms with Crippen molar-refractivity contribution in [3.05, 3.63) is 61.2 Å². The standard InChI is InChI=1S/C28H36N2O4S2/c1-18-12-15-35-24(18)20(25-19(2)13-16-36-25)9-8-14-30(6)21-10-7-11-22-23(21)26(29-34-22)32-17-33-27(31)28(3,4)5/h9,12-13,15-16,21H,7-8,10-11,14,17H2,1-6H3/t21-/m1/s1. The summed E-state index contributed by atoms with van der Waals surface area (Å²) in [6, 6.07) is 4.54. The van der Waals surface area contributed by atoms with Gasteiger partial charge in [-0.25, -0.2) is 0 Å². The van der Waals surface area contributed by atoms with Gasteiger partial charge in [-0.2, -0.15) is 0 Å². The normalized spacial score (nSPS) is 15.6. The zero-order chi connectivity index (χ0) is 25.9. The number of carbonyl (C=O) groups is 1. The van der Waals surface area contributed by atoms with Crippen molar-refractivity contribution in [2.45, 2.75) is 66.3 Å². The average Bonchev–Trinajstić information content (AvgIpc) is 3.56. The van der Waals surface area contributed by atoms with E-state index in [2.05, 4.69) is 59.9 Å². The molecule has 3 aromatic heterocycles. The van der Waals surface area contributed by atoms with Crippen molar-refractivity contribution < 1.29 is 18.8 Å². The maximum atomic E-state index is 12.1. The van der Waals surface area contributed by atoms with E-state index in [-0.39, 0.29) is 18.8 Å². The Labute approximate surface area is 221 Å². The molecule has 0 aromatic carbocycles. The highest BCUT2D eigenvalue weighted by Gasteiger charge is 2.32. The van der Waals surface area contributed by atoms with E-state index in [1.807, 2.05) is 43.4 Å². The molecule has 3 heterocycles. The van der Waals surface area contributed by atoms with Crippen LogP contribution in [0, 0.1) is 19.3 Å². The fourth-order valence-corrected chi connectivity index (χ4v) is 6.49. The quantitative estimate of drug-likeness (QED) is 0.217. The van der Waals surface area contributed by atoms with Crippen LogP contribution < -0.4 is 4.74 Å². The molecule has 0 unspecified atom stereocenters. The summed E-state index contributed by atoms with van der Waals surface area (Å²) in [6.07, 6.45) is 6.20. The minimum Gasteiger partial charge on any atom is -0.437 e. The first-order valence-electron chi connectivity index (χ1n) is 12.4. The van der Waals surface area contributed by atoms with Gasteiger partial charge in [0.1, 0.15) is 5.76 Å². The maximum Gasteiger partial charge on any atom is 0.314 e. The van der Waals surface area contributed by atoms with E-state index in [4.69, 9.17) is 14.0 Å². The van der Waals surface area contributed by atoms with E-state index >= 15 is 0 Å². The predicted octanol–water partition coefficient (Wildman–Crippen LogP) is 7.17. The molecule has 36 heavy (non-hydrogen) atoms. The van der Waals surface area contributed by atoms with Crippen molar-refractivity contribution >= 4 is 34.2 Å². The summed E-state index contributed by atoms with van der Waals surface area (Å²) in [5.41, 5.74) is 4.39. The summed E-state index contributed by atoms with van der Waals surface area (Å²) >= 11 is 3.62. The monoisotopic (exact) mass is 528 g/mol. The van der Waals surface area contributed by atoms with Crippen LogP contribution in [0.3, 0.4) is 0 Å². The van der Waals surface area contributed by atoms with Crippen molar-refractivity contribution in [1.29, 1.82) is 0 Å². The van der Waals surface area contributed by atoms with Crippen molar-refractivity contribution in [2.24, 2.45) is 5.41 Å². The van der Waals surface area contributed by atoms with Crippen LogP contribution in [0.1, 0.15) is 78.3 Å². The number of ether oxygens (including phenoxy) is 2. The van der Waals surface area contributed by atoms with E-state index in [1.54, 1.807) is 0 Å². The molecular formula is C28H36N2O4S2. The lowest BCUT2D eigenvalue weighted by Gasteiger charge is -2.30. The van der Waals surface area contributed by atoms with Gasteiger partial charge in [-0.15, -0.1) is 22.7 Å². The Balaban J connectivity index is 1.46. The van der Waals surface area contributed by atoms with Crippen molar-refractivity contribution in [3.63, 3.8) is 0 Å². The van der Waals surface area contributed by atoms with Crippen molar-refractivity contribution in [3.8, 4) is 5.88 Å². The number of thiophene rings is 2. The van der Waals surface area contributed by atoms with E-state index in [0.717, 1.165) is 43.6 Å². The van der Waals surface area contributed by atoms with E-state index in [0.29, 0.717) is 5.88 Å². The molecule has 0 radical (unpaired) electrons. The van der Waals surface area contributed by atoms with Gasteiger partial charge in [0.2, 0.25) is 6.79 Å². The highest BCUT2D eigenvalue weighted by molar-refractivity contribution is 7.14. The highest BCUT2D eigenvalue weighted by atomic mass is 32.1. The molecule has 0 saturated carbocycles. The average molecular weight is 529 g/mol. The first kappa shape index (κ1) is 26.6. The van der Waals surface area contributed by atoms with Crippen LogP contribution >= 0.6 is 22.7 Å². The molecule has 1 atom stereocenters. The maximum absolute atomic E-state index is 12.1. The van der Waals surface area contributed by atoms with Crippen LogP contribution in [0.15, 0.2) is 33.5 Å². The number of fused-ring (bicyclic) bond motifs is 1. The van der Waals surface area contributed by atoms with Crippen LogP contribution in [0.2, 0.25) is 0 Å².